The van der Waals surface area contributed by atoms with Crippen molar-refractivity contribution in [3.63, 3.8) is 0 Å². The Bertz CT molecular complexity index is 799. The van der Waals surface area contributed by atoms with Gasteiger partial charge in [-0.25, -0.2) is 4.98 Å². The molecule has 0 spiro atoms. The second kappa shape index (κ2) is 5.85. The van der Waals surface area contributed by atoms with Crippen molar-refractivity contribution in [1.82, 2.24) is 4.98 Å². The van der Waals surface area contributed by atoms with Crippen molar-refractivity contribution >= 4 is 32.4 Å². The van der Waals surface area contributed by atoms with Gasteiger partial charge in [0, 0.05) is 31.9 Å². The topological polar surface area (TPSA) is 19.4 Å². The molecule has 4 rings (SSSR count). The number of aryl methyl sites for hydroxylation is 2. The minimum Gasteiger partial charge on any atom is -0.368 e. The van der Waals surface area contributed by atoms with E-state index in [1.807, 2.05) is 0 Å². The third kappa shape index (κ3) is 2.79. The summed E-state index contributed by atoms with van der Waals surface area (Å²) in [5, 5.41) is 1.16. The van der Waals surface area contributed by atoms with E-state index in [4.69, 9.17) is 4.98 Å². The van der Waals surface area contributed by atoms with Gasteiger partial charge in [-0.2, -0.15) is 0 Å². The fourth-order valence-corrected chi connectivity index (χ4v) is 4.21. The molecule has 1 saturated heterocycles. The molecule has 2 heterocycles. The van der Waals surface area contributed by atoms with E-state index in [1.54, 1.807) is 11.3 Å². The van der Waals surface area contributed by atoms with E-state index in [1.165, 1.54) is 21.5 Å². The van der Waals surface area contributed by atoms with Crippen molar-refractivity contribution in [2.24, 2.45) is 0 Å². The molecule has 4 heteroatoms. The van der Waals surface area contributed by atoms with E-state index in [9.17, 15) is 0 Å². The Hall–Kier alpha value is -2.07. The Kier molecular flexibility index (Phi) is 3.69. The summed E-state index contributed by atoms with van der Waals surface area (Å²) >= 11 is 1.80. The molecule has 3 nitrogen and oxygen atoms in total. The van der Waals surface area contributed by atoms with Crippen LogP contribution in [0.2, 0.25) is 0 Å². The van der Waals surface area contributed by atoms with Gasteiger partial charge in [0.15, 0.2) is 5.13 Å². The van der Waals surface area contributed by atoms with Crippen molar-refractivity contribution in [1.29, 1.82) is 0 Å². The van der Waals surface area contributed by atoms with Crippen LogP contribution in [0.25, 0.3) is 10.2 Å². The molecule has 23 heavy (non-hydrogen) atoms. The van der Waals surface area contributed by atoms with Crippen LogP contribution in [0.4, 0.5) is 10.8 Å². The maximum absolute atomic E-state index is 4.79. The summed E-state index contributed by atoms with van der Waals surface area (Å²) in [5.41, 5.74) is 5.20. The number of para-hydroxylation sites is 1. The number of nitrogens with zero attached hydrogens (tertiary/aromatic N) is 3. The van der Waals surface area contributed by atoms with Crippen molar-refractivity contribution in [3.8, 4) is 0 Å². The molecule has 1 aliphatic rings. The lowest BCUT2D eigenvalue weighted by Gasteiger charge is -2.36. The van der Waals surface area contributed by atoms with Crippen molar-refractivity contribution in [2.75, 3.05) is 36.0 Å². The molecule has 0 atom stereocenters. The fraction of sp³-hybridized carbons (Fsp3) is 0.316. The summed E-state index contributed by atoms with van der Waals surface area (Å²) in [6, 6.07) is 15.1. The van der Waals surface area contributed by atoms with E-state index in [-0.39, 0.29) is 0 Å². The van der Waals surface area contributed by atoms with Gasteiger partial charge in [-0.3, -0.25) is 0 Å². The lowest BCUT2D eigenvalue weighted by molar-refractivity contribution is 0.651. The first-order valence-corrected chi connectivity index (χ1v) is 8.95. The van der Waals surface area contributed by atoms with Gasteiger partial charge in [-0.05, 0) is 43.2 Å². The molecule has 2 aromatic carbocycles. The van der Waals surface area contributed by atoms with E-state index >= 15 is 0 Å². The molecule has 118 valence electrons. The van der Waals surface area contributed by atoms with E-state index in [0.29, 0.717) is 0 Å². The van der Waals surface area contributed by atoms with E-state index < -0.39 is 0 Å². The standard InChI is InChI=1S/C19H21N3S/c1-14-7-8-15(2)17(13-14)21-9-11-22(12-10-21)19-20-16-5-3-4-6-18(16)23-19/h3-8,13H,9-12H2,1-2H3. The summed E-state index contributed by atoms with van der Waals surface area (Å²) < 4.78 is 1.28. The number of anilines is 2. The monoisotopic (exact) mass is 323 g/mol. The molecule has 0 unspecified atom stereocenters. The van der Waals surface area contributed by atoms with Crippen LogP contribution in [0, 0.1) is 13.8 Å². The number of rotatable bonds is 2. The minimum absolute atomic E-state index is 1.03. The van der Waals surface area contributed by atoms with Crippen molar-refractivity contribution in [3.05, 3.63) is 53.6 Å². The van der Waals surface area contributed by atoms with E-state index in [2.05, 4.69) is 66.1 Å². The number of thiazole rings is 1. The number of hydrogen-bond donors (Lipinski definition) is 0. The molecular weight excluding hydrogens is 302 g/mol. The first kappa shape index (κ1) is 14.5. The molecule has 1 fully saturated rings. The average molecular weight is 323 g/mol. The molecule has 1 aliphatic heterocycles. The maximum Gasteiger partial charge on any atom is 0.186 e. The first-order valence-electron chi connectivity index (χ1n) is 8.13. The number of piperazine rings is 1. The molecule has 0 N–H and O–H groups in total. The van der Waals surface area contributed by atoms with Gasteiger partial charge in [0.1, 0.15) is 0 Å². The third-order valence-electron chi connectivity index (χ3n) is 4.54. The van der Waals surface area contributed by atoms with Crippen LogP contribution in [-0.2, 0) is 0 Å². The highest BCUT2D eigenvalue weighted by atomic mass is 32.1. The Morgan fingerprint density at radius 2 is 1.65 bits per heavy atom. The molecule has 0 saturated carbocycles. The smallest absolute Gasteiger partial charge is 0.186 e. The Morgan fingerprint density at radius 3 is 2.43 bits per heavy atom. The van der Waals surface area contributed by atoms with Gasteiger partial charge >= 0.3 is 0 Å². The summed E-state index contributed by atoms with van der Waals surface area (Å²) in [6.07, 6.45) is 0. The Balaban J connectivity index is 1.51. The summed E-state index contributed by atoms with van der Waals surface area (Å²) in [4.78, 5) is 9.72. The predicted octanol–water partition coefficient (Wildman–Crippen LogP) is 4.24. The van der Waals surface area contributed by atoms with Crippen LogP contribution in [0.1, 0.15) is 11.1 Å². The molecule has 0 aliphatic carbocycles. The summed E-state index contributed by atoms with van der Waals surface area (Å²) in [7, 11) is 0. The quantitative estimate of drug-likeness (QED) is 0.703. The number of fused-ring (bicyclic) bond motifs is 1. The zero-order valence-corrected chi connectivity index (χ0v) is 14.4. The van der Waals surface area contributed by atoms with Gasteiger partial charge < -0.3 is 9.80 Å². The average Bonchev–Trinajstić information content (AvgIpc) is 3.01. The normalized spacial score (nSPS) is 15.4. The molecule has 3 aromatic rings. The minimum atomic E-state index is 1.03. The van der Waals surface area contributed by atoms with Crippen molar-refractivity contribution in [2.45, 2.75) is 13.8 Å². The Labute approximate surface area is 141 Å². The van der Waals surface area contributed by atoms with Crippen LogP contribution in [0.15, 0.2) is 42.5 Å². The zero-order valence-electron chi connectivity index (χ0n) is 13.6. The molecule has 1 aromatic heterocycles. The molecule has 0 amide bonds. The van der Waals surface area contributed by atoms with Gasteiger partial charge in [-0.1, -0.05) is 35.6 Å². The lowest BCUT2D eigenvalue weighted by atomic mass is 10.1. The van der Waals surface area contributed by atoms with Gasteiger partial charge in [0.25, 0.3) is 0 Å². The fourth-order valence-electron chi connectivity index (χ4n) is 3.19. The predicted molar refractivity (Wildman–Crippen MR) is 100.0 cm³/mol. The largest absolute Gasteiger partial charge is 0.368 e. The SMILES string of the molecule is Cc1ccc(C)c(N2CCN(c3nc4ccccc4s3)CC2)c1. The summed E-state index contributed by atoms with van der Waals surface area (Å²) in [5.74, 6) is 0. The van der Waals surface area contributed by atoms with Crippen LogP contribution in [-0.4, -0.2) is 31.2 Å². The summed E-state index contributed by atoms with van der Waals surface area (Å²) in [6.45, 7) is 8.55. The highest BCUT2D eigenvalue weighted by Crippen LogP contribution is 2.30. The second-order valence-electron chi connectivity index (χ2n) is 6.23. The van der Waals surface area contributed by atoms with Crippen LogP contribution >= 0.6 is 11.3 Å². The second-order valence-corrected chi connectivity index (χ2v) is 7.24. The molecular formula is C19H21N3S. The highest BCUT2D eigenvalue weighted by Gasteiger charge is 2.20. The van der Waals surface area contributed by atoms with Crippen LogP contribution in [0.3, 0.4) is 0 Å². The maximum atomic E-state index is 4.79. The van der Waals surface area contributed by atoms with Crippen LogP contribution < -0.4 is 9.80 Å². The lowest BCUT2D eigenvalue weighted by Crippen LogP contribution is -2.46. The first-order chi connectivity index (χ1) is 11.2. The Morgan fingerprint density at radius 1 is 0.913 bits per heavy atom. The molecule has 0 bridgehead atoms. The number of aromatic nitrogens is 1. The third-order valence-corrected chi connectivity index (χ3v) is 5.64. The van der Waals surface area contributed by atoms with Crippen molar-refractivity contribution < 1.29 is 0 Å². The molecule has 0 radical (unpaired) electrons. The van der Waals surface area contributed by atoms with Crippen LogP contribution in [0.5, 0.6) is 0 Å². The highest BCUT2D eigenvalue weighted by molar-refractivity contribution is 7.22. The van der Waals surface area contributed by atoms with Gasteiger partial charge in [0.05, 0.1) is 10.2 Å². The zero-order chi connectivity index (χ0) is 15.8. The number of benzene rings is 2. The van der Waals surface area contributed by atoms with E-state index in [0.717, 1.165) is 36.8 Å². The van der Waals surface area contributed by atoms with Gasteiger partial charge in [-0.15, -0.1) is 0 Å². The number of hydrogen-bond acceptors (Lipinski definition) is 4. The van der Waals surface area contributed by atoms with Gasteiger partial charge in [0.2, 0.25) is 0 Å².